The first-order chi connectivity index (χ1) is 18.0. The Balaban J connectivity index is 1.40. The van der Waals surface area contributed by atoms with Gasteiger partial charge < -0.3 is 29.7 Å². The number of methoxy groups -OCH3 is 1. The van der Waals surface area contributed by atoms with Crippen molar-refractivity contribution in [1.82, 2.24) is 9.97 Å². The summed E-state index contributed by atoms with van der Waals surface area (Å²) in [6.45, 7) is 0.213. The van der Waals surface area contributed by atoms with E-state index in [0.717, 1.165) is 22.2 Å². The minimum absolute atomic E-state index is 0.142. The molecule has 0 amide bonds. The Bertz CT molecular complexity index is 1450. The van der Waals surface area contributed by atoms with Gasteiger partial charge in [0.25, 0.3) is 0 Å². The van der Waals surface area contributed by atoms with Crippen LogP contribution in [0.4, 0.5) is 11.5 Å². The zero-order chi connectivity index (χ0) is 25.7. The third-order valence-electron chi connectivity index (χ3n) is 6.11. The first kappa shape index (κ1) is 24.5. The highest BCUT2D eigenvalue weighted by atomic mass is 16.5. The van der Waals surface area contributed by atoms with Crippen molar-refractivity contribution in [3.05, 3.63) is 78.6 Å². The third-order valence-corrected chi connectivity index (χ3v) is 6.11. The summed E-state index contributed by atoms with van der Waals surface area (Å²) in [6, 6.07) is 20.7. The minimum Gasteiger partial charge on any atom is -0.493 e. The molecule has 3 aromatic carbocycles. The molecule has 1 aliphatic rings. The van der Waals surface area contributed by atoms with Crippen molar-refractivity contribution in [3.63, 3.8) is 0 Å². The normalized spacial score (nSPS) is 19.1. The summed E-state index contributed by atoms with van der Waals surface area (Å²) < 4.78 is 16.9. The van der Waals surface area contributed by atoms with Crippen molar-refractivity contribution in [2.75, 3.05) is 25.6 Å². The van der Waals surface area contributed by atoms with Gasteiger partial charge in [0.2, 0.25) is 0 Å². The van der Waals surface area contributed by atoms with Crippen LogP contribution < -0.4 is 14.8 Å². The molecule has 2 atom stereocenters. The number of nitrogens with zero attached hydrogens (tertiary/aromatic N) is 2. The number of fused-ring (bicyclic) bond motifs is 1. The van der Waals surface area contributed by atoms with E-state index in [1.54, 1.807) is 7.11 Å². The predicted octanol–water partition coefficient (Wildman–Crippen LogP) is 4.43. The molecule has 0 radical (unpaired) electrons. The van der Waals surface area contributed by atoms with Crippen molar-refractivity contribution in [3.8, 4) is 29.1 Å². The van der Waals surface area contributed by atoms with Crippen LogP contribution in [0.15, 0.2) is 73.1 Å². The number of aliphatic hydroxyl groups is 2. The molecule has 188 valence electrons. The first-order valence-electron chi connectivity index (χ1n) is 12.0. The summed E-state index contributed by atoms with van der Waals surface area (Å²) in [4.78, 5) is 8.80. The summed E-state index contributed by atoms with van der Waals surface area (Å²) in [6.07, 6.45) is 1.76. The lowest BCUT2D eigenvalue weighted by Gasteiger charge is -2.32. The largest absolute Gasteiger partial charge is 0.493 e. The zero-order valence-corrected chi connectivity index (χ0v) is 20.3. The highest BCUT2D eigenvalue weighted by Gasteiger charge is 2.33. The van der Waals surface area contributed by atoms with Gasteiger partial charge in [0.1, 0.15) is 23.5 Å². The summed E-state index contributed by atoms with van der Waals surface area (Å²) in [5.74, 6) is 8.55. The molecule has 0 aliphatic carbocycles. The van der Waals surface area contributed by atoms with Gasteiger partial charge >= 0.3 is 0 Å². The second kappa shape index (κ2) is 10.8. The Kier molecular flexibility index (Phi) is 7.19. The number of ether oxygens (including phenoxy) is 3. The second-order valence-electron chi connectivity index (χ2n) is 8.77. The smallest absolute Gasteiger partial charge is 0.169 e. The number of benzene rings is 3. The maximum Gasteiger partial charge on any atom is 0.169 e. The fourth-order valence-electron chi connectivity index (χ4n) is 4.17. The van der Waals surface area contributed by atoms with Crippen LogP contribution in [0.1, 0.15) is 18.4 Å². The molecule has 3 N–H and O–H groups in total. The van der Waals surface area contributed by atoms with E-state index in [0.29, 0.717) is 36.1 Å². The molecule has 8 nitrogen and oxygen atoms in total. The van der Waals surface area contributed by atoms with Crippen molar-refractivity contribution in [1.29, 1.82) is 0 Å². The van der Waals surface area contributed by atoms with Crippen LogP contribution in [-0.2, 0) is 4.74 Å². The van der Waals surface area contributed by atoms with Gasteiger partial charge in [-0.2, -0.15) is 0 Å². The number of para-hydroxylation sites is 1. The Morgan fingerprint density at radius 2 is 1.95 bits per heavy atom. The van der Waals surface area contributed by atoms with Gasteiger partial charge in [0, 0.05) is 35.5 Å². The molecule has 1 fully saturated rings. The Labute approximate surface area is 214 Å². The lowest BCUT2D eigenvalue weighted by molar-refractivity contribution is -0.0905. The third kappa shape index (κ3) is 5.81. The van der Waals surface area contributed by atoms with Crippen LogP contribution in [0.25, 0.3) is 10.9 Å². The van der Waals surface area contributed by atoms with Gasteiger partial charge in [0.05, 0.1) is 31.9 Å². The number of anilines is 2. The molecule has 1 aliphatic heterocycles. The van der Waals surface area contributed by atoms with Crippen molar-refractivity contribution < 1.29 is 24.4 Å². The van der Waals surface area contributed by atoms with E-state index in [9.17, 15) is 10.2 Å². The molecule has 37 heavy (non-hydrogen) atoms. The standard InChI is InChI=1S/C29H27N3O5/c1-35-27-16-21(8-10-26(27)37-22-5-3-2-4-6-22)32-28-24-15-20(7-9-25(24)30-19-31-28)11-12-29(34)13-14-36-23(17-29)18-33/h2-10,15-16,19,23,33-34H,13-14,17-18H2,1H3,(H,30,31,32). The van der Waals surface area contributed by atoms with Crippen LogP contribution in [0.2, 0.25) is 0 Å². The SMILES string of the molecule is COc1cc(Nc2ncnc3ccc(C#CC4(O)CCOC(CO)C4)cc23)ccc1Oc1ccccc1. The number of hydrogen-bond acceptors (Lipinski definition) is 8. The number of hydrogen-bond donors (Lipinski definition) is 3. The first-order valence-corrected chi connectivity index (χ1v) is 12.0. The monoisotopic (exact) mass is 497 g/mol. The second-order valence-corrected chi connectivity index (χ2v) is 8.77. The van der Waals surface area contributed by atoms with Gasteiger partial charge in [0.15, 0.2) is 11.5 Å². The number of aliphatic hydroxyl groups excluding tert-OH is 1. The highest BCUT2D eigenvalue weighted by molar-refractivity contribution is 5.91. The van der Waals surface area contributed by atoms with Crippen LogP contribution in [0, 0.1) is 11.8 Å². The van der Waals surface area contributed by atoms with Crippen molar-refractivity contribution >= 4 is 22.4 Å². The van der Waals surface area contributed by atoms with Crippen molar-refractivity contribution in [2.45, 2.75) is 24.5 Å². The van der Waals surface area contributed by atoms with Crippen molar-refractivity contribution in [2.24, 2.45) is 0 Å². The topological polar surface area (TPSA) is 106 Å². The van der Waals surface area contributed by atoms with E-state index >= 15 is 0 Å². The van der Waals surface area contributed by atoms with Crippen LogP contribution in [0.5, 0.6) is 17.2 Å². The molecular formula is C29H27N3O5. The summed E-state index contributed by atoms with van der Waals surface area (Å²) in [7, 11) is 1.59. The molecule has 0 saturated carbocycles. The van der Waals surface area contributed by atoms with Gasteiger partial charge in [-0.25, -0.2) is 9.97 Å². The van der Waals surface area contributed by atoms with E-state index in [4.69, 9.17) is 14.2 Å². The average molecular weight is 498 g/mol. The maximum atomic E-state index is 10.8. The van der Waals surface area contributed by atoms with E-state index in [1.165, 1.54) is 6.33 Å². The van der Waals surface area contributed by atoms with Gasteiger partial charge in [-0.05, 0) is 42.5 Å². The van der Waals surface area contributed by atoms with E-state index in [1.807, 2.05) is 66.7 Å². The predicted molar refractivity (Wildman–Crippen MR) is 140 cm³/mol. The molecule has 0 spiro atoms. The molecular weight excluding hydrogens is 470 g/mol. The fourth-order valence-corrected chi connectivity index (χ4v) is 4.17. The number of rotatable bonds is 6. The van der Waals surface area contributed by atoms with Crippen LogP contribution in [0.3, 0.4) is 0 Å². The van der Waals surface area contributed by atoms with Crippen LogP contribution in [-0.4, -0.2) is 52.2 Å². The molecule has 1 aromatic heterocycles. The Morgan fingerprint density at radius 1 is 1.08 bits per heavy atom. The van der Waals surface area contributed by atoms with Crippen LogP contribution >= 0.6 is 0 Å². The molecule has 2 unspecified atom stereocenters. The quantitative estimate of drug-likeness (QED) is 0.336. The molecule has 5 rings (SSSR count). The maximum absolute atomic E-state index is 10.8. The van der Waals surface area contributed by atoms with Gasteiger partial charge in [-0.1, -0.05) is 30.0 Å². The van der Waals surface area contributed by atoms with Gasteiger partial charge in [-0.3, -0.25) is 0 Å². The number of nitrogens with one attached hydrogen (secondary N) is 1. The lowest BCUT2D eigenvalue weighted by Crippen LogP contribution is -2.41. The van der Waals surface area contributed by atoms with E-state index < -0.39 is 11.7 Å². The van der Waals surface area contributed by atoms with E-state index in [-0.39, 0.29) is 13.0 Å². The summed E-state index contributed by atoms with van der Waals surface area (Å²) in [5, 5.41) is 24.3. The fraction of sp³-hybridized carbons (Fsp3) is 0.241. The highest BCUT2D eigenvalue weighted by Crippen LogP contribution is 2.35. The molecule has 2 heterocycles. The molecule has 1 saturated heterocycles. The van der Waals surface area contributed by atoms with E-state index in [2.05, 4.69) is 27.1 Å². The summed E-state index contributed by atoms with van der Waals surface area (Å²) >= 11 is 0. The average Bonchev–Trinajstić information content (AvgIpc) is 2.93. The Hall–Kier alpha value is -4.16. The lowest BCUT2D eigenvalue weighted by atomic mass is 9.91. The molecule has 4 aromatic rings. The Morgan fingerprint density at radius 3 is 2.76 bits per heavy atom. The van der Waals surface area contributed by atoms with Gasteiger partial charge in [-0.15, -0.1) is 0 Å². The number of aromatic nitrogens is 2. The molecule has 8 heteroatoms. The minimum atomic E-state index is -1.20. The zero-order valence-electron chi connectivity index (χ0n) is 20.3. The summed E-state index contributed by atoms with van der Waals surface area (Å²) in [5.41, 5.74) is 1.04. The molecule has 0 bridgehead atoms.